The SMILES string of the molecule is COc1ccc(C(NC(=O)CCC(=O)ON2C(=O)CCC2=O)c2ccc(OCC(=O)NCCCCC(NC(=O)COc3ccc(C(NC(=O)CCC(=O)ON4C(=O)CCC4=O)c4ccc(OC)cc4OC)cc3)C(=O)NC(CCC(=O)NCCCOC(=O)COCCOCCCNCCCCCC3SCC4NC(=O)NC43)C(=O)NCC(=O)O)cc2)c(OC)c1. The molecule has 7 atom stereocenters. The van der Waals surface area contributed by atoms with Crippen LogP contribution in [0.3, 0.4) is 0 Å². The molecule has 41 heteroatoms. The van der Waals surface area contributed by atoms with Gasteiger partial charge in [0.1, 0.15) is 59.7 Å². The Morgan fingerprint density at radius 1 is 0.460 bits per heavy atom. The van der Waals surface area contributed by atoms with Gasteiger partial charge in [-0.2, -0.15) is 11.8 Å². The van der Waals surface area contributed by atoms with Crippen LogP contribution in [0.25, 0.3) is 0 Å². The molecule has 674 valence electrons. The molecule has 0 radical (unpaired) electrons. The van der Waals surface area contributed by atoms with Crippen LogP contribution >= 0.6 is 11.8 Å². The molecule has 0 aliphatic carbocycles. The second-order valence-electron chi connectivity index (χ2n) is 28.9. The highest BCUT2D eigenvalue weighted by molar-refractivity contribution is 8.00. The van der Waals surface area contributed by atoms with E-state index in [0.29, 0.717) is 67.2 Å². The number of unbranched alkanes of at least 4 members (excludes halogenated alkanes) is 3. The van der Waals surface area contributed by atoms with Gasteiger partial charge < -0.3 is 111 Å². The Hall–Kier alpha value is -12.4. The lowest BCUT2D eigenvalue weighted by Crippen LogP contribution is -2.54. The summed E-state index contributed by atoms with van der Waals surface area (Å²) >= 11 is 1.92. The van der Waals surface area contributed by atoms with E-state index in [1.807, 2.05) is 11.8 Å². The predicted molar refractivity (Wildman–Crippen MR) is 438 cm³/mol. The van der Waals surface area contributed by atoms with Crippen LogP contribution in [0.2, 0.25) is 0 Å². The van der Waals surface area contributed by atoms with E-state index in [0.717, 1.165) is 50.9 Å². The molecule has 124 heavy (non-hydrogen) atoms. The molecule has 8 rings (SSSR count). The van der Waals surface area contributed by atoms with Crippen LogP contribution in [0.5, 0.6) is 34.5 Å². The average molecular weight is 1750 g/mol. The first-order valence-corrected chi connectivity index (χ1v) is 41.8. The number of thioether (sulfide) groups is 1. The summed E-state index contributed by atoms with van der Waals surface area (Å²) in [5, 5.41) is 38.6. The monoisotopic (exact) mass is 1750 g/mol. The summed E-state index contributed by atoms with van der Waals surface area (Å²) in [7, 11) is 5.75. The minimum Gasteiger partial charge on any atom is -0.497 e. The summed E-state index contributed by atoms with van der Waals surface area (Å²) in [6.45, 7) is 0.290. The Labute approximate surface area is 719 Å². The maximum Gasteiger partial charge on any atom is 0.333 e. The van der Waals surface area contributed by atoms with Crippen molar-refractivity contribution in [2.45, 2.75) is 163 Å². The number of carboxylic acid groups (broad SMARTS) is 1. The van der Waals surface area contributed by atoms with Gasteiger partial charge in [-0.05, 0) is 124 Å². The smallest absolute Gasteiger partial charge is 0.333 e. The number of carbonyl (C=O) groups excluding carboxylic acids is 15. The third-order valence-corrected chi connectivity index (χ3v) is 21.3. The van der Waals surface area contributed by atoms with Crippen LogP contribution in [0.15, 0.2) is 84.9 Å². The van der Waals surface area contributed by atoms with Gasteiger partial charge >= 0.3 is 29.9 Å². The maximum absolute atomic E-state index is 14.4. The van der Waals surface area contributed by atoms with Gasteiger partial charge in [-0.1, -0.05) is 37.1 Å². The fourth-order valence-electron chi connectivity index (χ4n) is 13.3. The van der Waals surface area contributed by atoms with Crippen LogP contribution in [-0.2, 0) is 95.8 Å². The van der Waals surface area contributed by atoms with Gasteiger partial charge in [0.2, 0.25) is 29.5 Å². The summed E-state index contributed by atoms with van der Waals surface area (Å²) in [6.07, 6.45) is 2.62. The first-order chi connectivity index (χ1) is 59.8. The molecule has 4 fully saturated rings. The molecule has 40 nitrogen and oxygen atoms in total. The van der Waals surface area contributed by atoms with Crippen LogP contribution in [-0.4, -0.2) is 253 Å². The third kappa shape index (κ3) is 32.5. The lowest BCUT2D eigenvalue weighted by atomic mass is 9.97. The summed E-state index contributed by atoms with van der Waals surface area (Å²) in [6, 6.07) is 17.9. The lowest BCUT2D eigenvalue weighted by molar-refractivity contribution is -0.197. The zero-order valence-corrected chi connectivity index (χ0v) is 70.3. The molecule has 4 aliphatic rings. The van der Waals surface area contributed by atoms with Crippen LogP contribution in [0, 0.1) is 0 Å². The molecule has 4 heterocycles. The maximum atomic E-state index is 14.4. The normalized spacial score (nSPS) is 16.1. The van der Waals surface area contributed by atoms with E-state index in [4.69, 9.17) is 52.3 Å². The first-order valence-electron chi connectivity index (χ1n) is 40.8. The average Bonchev–Trinajstić information content (AvgIpc) is 1.78. The van der Waals surface area contributed by atoms with Gasteiger partial charge in [0, 0.05) is 98.9 Å². The largest absolute Gasteiger partial charge is 0.497 e. The number of urea groups is 1. The Kier molecular flexibility index (Phi) is 40.3. The molecule has 0 aromatic heterocycles. The highest BCUT2D eigenvalue weighted by Crippen LogP contribution is 2.37. The quantitative estimate of drug-likeness (QED) is 0.0131. The summed E-state index contributed by atoms with van der Waals surface area (Å²) in [5.74, 6) is -8.99. The van der Waals surface area contributed by atoms with Gasteiger partial charge in [0.15, 0.2) is 13.2 Å². The van der Waals surface area contributed by atoms with Crippen molar-refractivity contribution in [3.8, 4) is 34.5 Å². The van der Waals surface area contributed by atoms with E-state index in [1.54, 1.807) is 72.8 Å². The number of benzene rings is 4. The standard InChI is InChI=1S/C83H108N12O28S/c1-113-55-22-24-57(62(44-55)115-3)78(91-66(97)28-34-75(107)122-94-70(101)30-31-71(94)102)51-14-18-53(19-15-51)120-47-68(99)86-38-9-7-12-59(88-69(100)48-121-54-20-16-52(17-21-54)79(58-25-23-56(114-2)45-63(58)116-4)92-67(98)29-35-76(108)123-95-72(103)32-33-73(95)104)82(111)89-60(81(110)87-46-74(105)106)26-27-65(96)85-39-11-41-119-77(109)49-118-43-42-117-40-10-37-84-36-8-5-6-13-64-80-61(50-124-64)90-83(112)93-80/h14-25,44-45,59-61,64,78-80,84H,5-13,26-43,46-50H2,1-4H3,(H,85,96)(H,86,99)(H,87,110)(H,88,100)(H,89,111)(H,91,97)(H,92,98)(H,105,106)(H2,90,93,112). The van der Waals surface area contributed by atoms with Gasteiger partial charge in [0.25, 0.3) is 35.4 Å². The molecule has 13 amide bonds. The van der Waals surface area contributed by atoms with Gasteiger partial charge in [-0.25, -0.2) is 19.2 Å². The molecule has 7 unspecified atom stereocenters. The minimum absolute atomic E-state index is 0.0318. The number of nitrogens with zero attached hydrogens (tertiary/aromatic N) is 2. The number of hydrogen-bond donors (Lipinski definition) is 11. The molecular weight excluding hydrogens is 1650 g/mol. The Morgan fingerprint density at radius 2 is 0.968 bits per heavy atom. The van der Waals surface area contributed by atoms with Crippen molar-refractivity contribution in [1.29, 1.82) is 0 Å². The number of nitrogens with one attached hydrogen (secondary N) is 10. The van der Waals surface area contributed by atoms with Crippen molar-refractivity contribution < 1.29 is 134 Å². The lowest BCUT2D eigenvalue weighted by Gasteiger charge is -2.23. The number of fused-ring (bicyclic) bond motifs is 1. The number of hydroxylamine groups is 4. The summed E-state index contributed by atoms with van der Waals surface area (Å²) in [5.41, 5.74) is 1.91. The number of ether oxygens (including phenoxy) is 9. The van der Waals surface area contributed by atoms with Crippen molar-refractivity contribution in [3.63, 3.8) is 0 Å². The molecule has 0 spiro atoms. The molecule has 0 bridgehead atoms. The van der Waals surface area contributed by atoms with Crippen molar-refractivity contribution in [2.75, 3.05) is 113 Å². The Bertz CT molecular complexity index is 4320. The number of esters is 1. The second-order valence-corrected chi connectivity index (χ2v) is 30.1. The van der Waals surface area contributed by atoms with Crippen LogP contribution < -0.4 is 81.6 Å². The number of amides is 13. The molecule has 4 aromatic carbocycles. The van der Waals surface area contributed by atoms with E-state index >= 15 is 0 Å². The van der Waals surface area contributed by atoms with Gasteiger partial charge in [-0.3, -0.25) is 57.5 Å². The second kappa shape index (κ2) is 51.5. The fourth-order valence-corrected chi connectivity index (χ4v) is 14.8. The molecular formula is C83H108N12O28S. The third-order valence-electron chi connectivity index (χ3n) is 19.8. The molecule has 4 saturated heterocycles. The van der Waals surface area contributed by atoms with E-state index in [2.05, 4.69) is 53.2 Å². The highest BCUT2D eigenvalue weighted by atomic mass is 32.2. The minimum atomic E-state index is -1.53. The topological polar surface area (TPSA) is 522 Å². The first kappa shape index (κ1) is 97.1. The molecule has 4 aliphatic heterocycles. The van der Waals surface area contributed by atoms with Gasteiger partial charge in [-0.15, -0.1) is 10.1 Å². The van der Waals surface area contributed by atoms with E-state index in [9.17, 15) is 81.8 Å². The summed E-state index contributed by atoms with van der Waals surface area (Å²) in [4.78, 5) is 214. The number of imide groups is 2. The van der Waals surface area contributed by atoms with Gasteiger partial charge in [0.05, 0.1) is 85.3 Å². The number of hydrogen-bond acceptors (Lipinski definition) is 29. The van der Waals surface area contributed by atoms with Crippen molar-refractivity contribution in [1.82, 2.24) is 63.3 Å². The van der Waals surface area contributed by atoms with Crippen LogP contribution in [0.1, 0.15) is 156 Å². The predicted octanol–water partition coefficient (Wildman–Crippen LogP) is 2.39. The Morgan fingerprint density at radius 3 is 1.52 bits per heavy atom. The zero-order valence-electron chi connectivity index (χ0n) is 69.5. The van der Waals surface area contributed by atoms with E-state index in [1.165, 1.54) is 40.6 Å². The van der Waals surface area contributed by atoms with Crippen molar-refractivity contribution >= 4 is 107 Å². The summed E-state index contributed by atoms with van der Waals surface area (Å²) < 4.78 is 49.9. The number of carbonyl (C=O) groups is 16. The number of methoxy groups -OCH3 is 4. The Balaban J connectivity index is 0.824. The number of carboxylic acids is 1. The van der Waals surface area contributed by atoms with Crippen molar-refractivity contribution in [3.05, 3.63) is 107 Å². The fraction of sp³-hybridized carbons (Fsp3) is 0.518. The number of aliphatic carboxylic acids is 1. The number of rotatable bonds is 57. The highest BCUT2D eigenvalue weighted by Gasteiger charge is 2.43. The van der Waals surface area contributed by atoms with Crippen molar-refractivity contribution in [2.24, 2.45) is 0 Å². The molecule has 0 saturated carbocycles. The zero-order chi connectivity index (χ0) is 89.3. The van der Waals surface area contributed by atoms with E-state index < -0.39 is 152 Å². The van der Waals surface area contributed by atoms with E-state index in [-0.39, 0.29) is 140 Å². The molecule has 11 N–H and O–H groups in total. The molecule has 4 aromatic rings. The van der Waals surface area contributed by atoms with Crippen LogP contribution in [0.4, 0.5) is 4.79 Å².